The molecule has 0 radical (unpaired) electrons. The second-order valence-corrected chi connectivity index (χ2v) is 3.16. The maximum absolute atomic E-state index is 11.3. The van der Waals surface area contributed by atoms with E-state index < -0.39 is 0 Å². The molecule has 0 atom stereocenters. The van der Waals surface area contributed by atoms with Gasteiger partial charge in [-0.1, -0.05) is 41.5 Å². The Hall–Kier alpha value is -0.530. The van der Waals surface area contributed by atoms with E-state index in [0.29, 0.717) is 12.3 Å². The molecule has 0 aliphatic carbocycles. The molecule has 0 aromatic rings. The molecule has 0 aromatic carbocycles. The highest BCUT2D eigenvalue weighted by atomic mass is 16.2. The molecule has 0 aromatic heterocycles. The average molecular weight is 217 g/mol. The summed E-state index contributed by atoms with van der Waals surface area (Å²) in [5, 5.41) is 0. The van der Waals surface area contributed by atoms with E-state index in [4.69, 9.17) is 0 Å². The number of hydrogen-bond donors (Lipinski definition) is 0. The van der Waals surface area contributed by atoms with Crippen LogP contribution in [0.2, 0.25) is 0 Å². The molecule has 2 heteroatoms. The highest BCUT2D eigenvalue weighted by Gasteiger charge is 2.10. The third-order valence-electron chi connectivity index (χ3n) is 1.70. The van der Waals surface area contributed by atoms with E-state index in [1.165, 1.54) is 0 Å². The van der Waals surface area contributed by atoms with E-state index in [1.807, 2.05) is 46.4 Å². The first-order chi connectivity index (χ1) is 7.11. The van der Waals surface area contributed by atoms with Crippen LogP contribution >= 0.6 is 0 Å². The van der Waals surface area contributed by atoms with Gasteiger partial charge in [0.2, 0.25) is 5.91 Å². The van der Waals surface area contributed by atoms with Crippen molar-refractivity contribution in [3.05, 3.63) is 0 Å². The van der Waals surface area contributed by atoms with Crippen molar-refractivity contribution in [1.29, 1.82) is 0 Å². The maximum Gasteiger partial charge on any atom is 0.222 e. The van der Waals surface area contributed by atoms with Crippen LogP contribution in [0.3, 0.4) is 0 Å². The van der Waals surface area contributed by atoms with E-state index in [-0.39, 0.29) is 5.91 Å². The van der Waals surface area contributed by atoms with E-state index >= 15 is 0 Å². The van der Waals surface area contributed by atoms with Crippen molar-refractivity contribution in [1.82, 2.24) is 4.90 Å². The van der Waals surface area contributed by atoms with Crippen molar-refractivity contribution in [2.24, 2.45) is 5.92 Å². The predicted octanol–water partition coefficient (Wildman–Crippen LogP) is 3.95. The topological polar surface area (TPSA) is 20.3 Å². The highest BCUT2D eigenvalue weighted by Crippen LogP contribution is 2.03. The third-order valence-corrected chi connectivity index (χ3v) is 1.70. The Morgan fingerprint density at radius 2 is 1.33 bits per heavy atom. The van der Waals surface area contributed by atoms with Crippen LogP contribution in [0.25, 0.3) is 0 Å². The van der Waals surface area contributed by atoms with Crippen LogP contribution in [0.5, 0.6) is 0 Å². The summed E-state index contributed by atoms with van der Waals surface area (Å²) in [5.41, 5.74) is 0. The fourth-order valence-electron chi connectivity index (χ4n) is 1.05. The van der Waals surface area contributed by atoms with E-state index in [2.05, 4.69) is 13.8 Å². The number of carbonyl (C=O) groups excluding carboxylic acids is 1. The SMILES string of the molecule is CC.CC.CCN(CC)C(=O)CC(C)C. The molecular weight excluding hydrogens is 186 g/mol. The molecule has 0 spiro atoms. The van der Waals surface area contributed by atoms with Crippen molar-refractivity contribution in [3.8, 4) is 0 Å². The van der Waals surface area contributed by atoms with Crippen LogP contribution in [0.4, 0.5) is 0 Å². The van der Waals surface area contributed by atoms with Crippen molar-refractivity contribution < 1.29 is 4.79 Å². The summed E-state index contributed by atoms with van der Waals surface area (Å²) < 4.78 is 0. The number of carbonyl (C=O) groups is 1. The van der Waals surface area contributed by atoms with E-state index in [9.17, 15) is 4.79 Å². The Morgan fingerprint density at radius 3 is 1.53 bits per heavy atom. The Bertz CT molecular complexity index is 118. The fraction of sp³-hybridized carbons (Fsp3) is 0.923. The minimum absolute atomic E-state index is 0.282. The Kier molecular flexibility index (Phi) is 21.2. The van der Waals surface area contributed by atoms with Gasteiger partial charge in [-0.25, -0.2) is 0 Å². The Morgan fingerprint density at radius 1 is 1.00 bits per heavy atom. The largest absolute Gasteiger partial charge is 0.343 e. The van der Waals surface area contributed by atoms with Gasteiger partial charge < -0.3 is 4.90 Å². The molecule has 2 nitrogen and oxygen atoms in total. The number of hydrogen-bond acceptors (Lipinski definition) is 1. The molecule has 0 N–H and O–H groups in total. The molecule has 0 rings (SSSR count). The lowest BCUT2D eigenvalue weighted by molar-refractivity contribution is -0.131. The van der Waals surface area contributed by atoms with Gasteiger partial charge in [-0.05, 0) is 19.8 Å². The lowest BCUT2D eigenvalue weighted by atomic mass is 10.1. The molecule has 94 valence electrons. The second-order valence-electron chi connectivity index (χ2n) is 3.16. The van der Waals surface area contributed by atoms with Gasteiger partial charge >= 0.3 is 0 Å². The molecule has 0 bridgehead atoms. The predicted molar refractivity (Wildman–Crippen MR) is 70.1 cm³/mol. The summed E-state index contributed by atoms with van der Waals surface area (Å²) in [4.78, 5) is 13.2. The molecule has 0 saturated carbocycles. The zero-order valence-electron chi connectivity index (χ0n) is 12.1. The summed E-state index contributed by atoms with van der Waals surface area (Å²) in [5.74, 6) is 0.758. The normalized spacial score (nSPS) is 8.33. The molecule has 1 amide bonds. The van der Waals surface area contributed by atoms with Gasteiger partial charge in [-0.3, -0.25) is 4.79 Å². The zero-order chi connectivity index (χ0) is 12.9. The Labute approximate surface area is 97.1 Å². The van der Waals surface area contributed by atoms with Gasteiger partial charge in [-0.2, -0.15) is 0 Å². The monoisotopic (exact) mass is 217 g/mol. The molecule has 15 heavy (non-hydrogen) atoms. The standard InChI is InChI=1S/C9H19NO.2C2H6/c1-5-10(6-2)9(11)7-8(3)4;2*1-2/h8H,5-7H2,1-4H3;2*1-2H3. The fourth-order valence-corrected chi connectivity index (χ4v) is 1.05. The summed E-state index contributed by atoms with van der Waals surface area (Å²) in [7, 11) is 0. The van der Waals surface area contributed by atoms with Crippen LogP contribution < -0.4 is 0 Å². The molecule has 0 fully saturated rings. The first-order valence-corrected chi connectivity index (χ1v) is 6.39. The molecule has 0 saturated heterocycles. The molecule has 0 aliphatic rings. The average Bonchev–Trinajstić information content (AvgIpc) is 2.24. The van der Waals surface area contributed by atoms with Gasteiger partial charge in [0.15, 0.2) is 0 Å². The Balaban J connectivity index is -0.000000318. The summed E-state index contributed by atoms with van der Waals surface area (Å²) in [6, 6.07) is 0. The number of nitrogens with zero attached hydrogens (tertiary/aromatic N) is 1. The summed E-state index contributed by atoms with van der Waals surface area (Å²) >= 11 is 0. The van der Waals surface area contributed by atoms with Gasteiger partial charge in [0.25, 0.3) is 0 Å². The highest BCUT2D eigenvalue weighted by molar-refractivity contribution is 5.76. The molecule has 0 aliphatic heterocycles. The number of rotatable bonds is 4. The first kappa shape index (κ1) is 20.0. The van der Waals surface area contributed by atoms with Crippen LogP contribution in [-0.2, 0) is 4.79 Å². The van der Waals surface area contributed by atoms with Gasteiger partial charge in [-0.15, -0.1) is 0 Å². The van der Waals surface area contributed by atoms with Gasteiger partial charge in [0.05, 0.1) is 0 Å². The van der Waals surface area contributed by atoms with Crippen LogP contribution in [0.1, 0.15) is 61.8 Å². The quantitative estimate of drug-likeness (QED) is 0.698. The van der Waals surface area contributed by atoms with Crippen LogP contribution in [-0.4, -0.2) is 23.9 Å². The van der Waals surface area contributed by atoms with Crippen molar-refractivity contribution in [2.75, 3.05) is 13.1 Å². The minimum Gasteiger partial charge on any atom is -0.343 e. The summed E-state index contributed by atoms with van der Waals surface area (Å²) in [6.45, 7) is 17.8. The van der Waals surface area contributed by atoms with Crippen LogP contribution in [0.15, 0.2) is 0 Å². The summed E-state index contributed by atoms with van der Waals surface area (Å²) in [6.07, 6.45) is 0.682. The lowest BCUT2D eigenvalue weighted by Crippen LogP contribution is -2.31. The van der Waals surface area contributed by atoms with Crippen molar-refractivity contribution >= 4 is 5.91 Å². The third kappa shape index (κ3) is 13.5. The molecular formula is C13H31NO. The second kappa shape index (κ2) is 15.9. The maximum atomic E-state index is 11.3. The van der Waals surface area contributed by atoms with Crippen LogP contribution in [0, 0.1) is 5.92 Å². The first-order valence-electron chi connectivity index (χ1n) is 6.39. The number of amides is 1. The lowest BCUT2D eigenvalue weighted by Gasteiger charge is -2.19. The van der Waals surface area contributed by atoms with Crippen molar-refractivity contribution in [3.63, 3.8) is 0 Å². The van der Waals surface area contributed by atoms with E-state index in [1.54, 1.807) is 0 Å². The smallest absolute Gasteiger partial charge is 0.222 e. The van der Waals surface area contributed by atoms with Gasteiger partial charge in [0, 0.05) is 19.5 Å². The molecule has 0 heterocycles. The van der Waals surface area contributed by atoms with Gasteiger partial charge in [0.1, 0.15) is 0 Å². The van der Waals surface area contributed by atoms with Crippen molar-refractivity contribution in [2.45, 2.75) is 61.8 Å². The molecule has 0 unspecified atom stereocenters. The minimum atomic E-state index is 0.282. The van der Waals surface area contributed by atoms with E-state index in [0.717, 1.165) is 13.1 Å². The zero-order valence-corrected chi connectivity index (χ0v) is 12.1.